The predicted octanol–water partition coefficient (Wildman–Crippen LogP) is 6.75. The summed E-state index contributed by atoms with van der Waals surface area (Å²) in [5.74, 6) is -1.49. The Labute approximate surface area is 235 Å². The molecule has 0 radical (unpaired) electrons. The highest BCUT2D eigenvalue weighted by Crippen LogP contribution is 2.39. The van der Waals surface area contributed by atoms with Gasteiger partial charge in [-0.2, -0.15) is 18.3 Å². The van der Waals surface area contributed by atoms with Gasteiger partial charge in [0.05, 0.1) is 27.8 Å². The number of alkyl halides is 3. The van der Waals surface area contributed by atoms with Crippen LogP contribution in [0.2, 0.25) is 0 Å². The van der Waals surface area contributed by atoms with E-state index in [0.29, 0.717) is 11.1 Å². The van der Waals surface area contributed by atoms with E-state index in [0.717, 1.165) is 6.07 Å². The van der Waals surface area contributed by atoms with Gasteiger partial charge in [0.25, 0.3) is 11.6 Å². The van der Waals surface area contributed by atoms with Crippen molar-refractivity contribution in [3.8, 4) is 16.9 Å². The maximum absolute atomic E-state index is 13.7. The van der Waals surface area contributed by atoms with Crippen molar-refractivity contribution in [1.82, 2.24) is 10.4 Å². The molecule has 5 rings (SSSR count). The third kappa shape index (κ3) is 5.72. The maximum atomic E-state index is 13.7. The van der Waals surface area contributed by atoms with Gasteiger partial charge >= 0.3 is 12.1 Å². The van der Waals surface area contributed by atoms with Gasteiger partial charge < -0.3 is 9.72 Å². The number of amides is 1. The molecule has 0 aliphatic carbocycles. The molecule has 42 heavy (non-hydrogen) atoms. The number of hydrogen-bond acceptors (Lipinski definition) is 6. The average Bonchev–Trinajstić information content (AvgIpc) is 3.38. The normalized spacial score (nSPS) is 11.5. The summed E-state index contributed by atoms with van der Waals surface area (Å²) in [6.45, 7) is 0. The Morgan fingerprint density at radius 3 is 2.29 bits per heavy atom. The van der Waals surface area contributed by atoms with E-state index < -0.39 is 28.5 Å². The number of aromatic nitrogens is 1. The number of aromatic amines is 1. The summed E-state index contributed by atoms with van der Waals surface area (Å²) in [6, 6.07) is 23.4. The van der Waals surface area contributed by atoms with E-state index in [1.165, 1.54) is 48.7 Å². The lowest BCUT2D eigenvalue weighted by atomic mass is 10.0. The summed E-state index contributed by atoms with van der Waals surface area (Å²) < 4.78 is 46.6. The molecule has 1 heterocycles. The SMILES string of the molecule is O=C(Oc1ccccc1C=NNC(=O)c1[nH]c2c(C(F)(F)F)cccc2c1-c1ccccc1)c1ccc([N+](=O)[O-])cc1. The first kappa shape index (κ1) is 27.8. The first-order valence-corrected chi connectivity index (χ1v) is 12.3. The molecule has 0 unspecified atom stereocenters. The van der Waals surface area contributed by atoms with Crippen LogP contribution in [0.1, 0.15) is 32.0 Å². The summed E-state index contributed by atoms with van der Waals surface area (Å²) in [5, 5.41) is 15.0. The molecule has 12 heteroatoms. The van der Waals surface area contributed by atoms with Gasteiger partial charge in [-0.15, -0.1) is 0 Å². The van der Waals surface area contributed by atoms with Gasteiger partial charge in [0.1, 0.15) is 11.4 Å². The Balaban J connectivity index is 1.41. The minimum absolute atomic E-state index is 0.0751. The minimum atomic E-state index is -4.65. The lowest BCUT2D eigenvalue weighted by molar-refractivity contribution is -0.384. The van der Waals surface area contributed by atoms with Crippen LogP contribution in [0.25, 0.3) is 22.0 Å². The van der Waals surface area contributed by atoms with Crippen molar-refractivity contribution in [2.45, 2.75) is 6.18 Å². The summed E-state index contributed by atoms with van der Waals surface area (Å²) in [6.07, 6.45) is -3.44. The lowest BCUT2D eigenvalue weighted by Crippen LogP contribution is -2.19. The van der Waals surface area contributed by atoms with Crippen molar-refractivity contribution < 1.29 is 32.4 Å². The van der Waals surface area contributed by atoms with Gasteiger partial charge in [-0.1, -0.05) is 54.6 Å². The number of hydrazone groups is 1. The summed E-state index contributed by atoms with van der Waals surface area (Å²) >= 11 is 0. The molecule has 0 aliphatic rings. The number of nitrogens with zero attached hydrogens (tertiary/aromatic N) is 2. The van der Waals surface area contributed by atoms with Crippen molar-refractivity contribution in [2.24, 2.45) is 5.10 Å². The molecule has 9 nitrogen and oxygen atoms in total. The topological polar surface area (TPSA) is 127 Å². The largest absolute Gasteiger partial charge is 0.422 e. The quantitative estimate of drug-likeness (QED) is 0.0734. The Morgan fingerprint density at radius 1 is 0.905 bits per heavy atom. The molecule has 1 aromatic heterocycles. The van der Waals surface area contributed by atoms with Crippen LogP contribution in [0.5, 0.6) is 5.75 Å². The monoisotopic (exact) mass is 572 g/mol. The highest BCUT2D eigenvalue weighted by Gasteiger charge is 2.34. The highest BCUT2D eigenvalue weighted by molar-refractivity contribution is 6.10. The molecule has 4 aromatic carbocycles. The number of ether oxygens (including phenoxy) is 1. The molecule has 5 aromatic rings. The van der Waals surface area contributed by atoms with E-state index in [-0.39, 0.29) is 39.2 Å². The highest BCUT2D eigenvalue weighted by atomic mass is 19.4. The van der Waals surface area contributed by atoms with Crippen molar-refractivity contribution in [1.29, 1.82) is 0 Å². The number of halogens is 3. The molecule has 0 aliphatic heterocycles. The third-order valence-corrected chi connectivity index (χ3v) is 6.23. The van der Waals surface area contributed by atoms with Crippen LogP contribution in [-0.4, -0.2) is 28.0 Å². The number of fused-ring (bicyclic) bond motifs is 1. The number of hydrogen-bond donors (Lipinski definition) is 2. The zero-order chi connectivity index (χ0) is 29.9. The first-order valence-electron chi connectivity index (χ1n) is 12.3. The molecule has 0 atom stereocenters. The van der Waals surface area contributed by atoms with E-state index >= 15 is 0 Å². The fraction of sp³-hybridized carbons (Fsp3) is 0.0333. The number of non-ortho nitro benzene ring substituents is 1. The van der Waals surface area contributed by atoms with Crippen LogP contribution in [-0.2, 0) is 6.18 Å². The van der Waals surface area contributed by atoms with Crippen LogP contribution in [0.15, 0.2) is 102 Å². The number of carbonyl (C=O) groups is 2. The van der Waals surface area contributed by atoms with Gasteiger partial charge in [-0.3, -0.25) is 14.9 Å². The Morgan fingerprint density at radius 2 is 1.60 bits per heavy atom. The Hall–Kier alpha value is -5.78. The second kappa shape index (κ2) is 11.4. The molecule has 0 saturated heterocycles. The van der Waals surface area contributed by atoms with Crippen molar-refractivity contribution in [2.75, 3.05) is 0 Å². The van der Waals surface area contributed by atoms with E-state index in [1.807, 2.05) is 0 Å². The number of esters is 1. The number of nitro groups is 1. The fourth-order valence-corrected chi connectivity index (χ4v) is 4.30. The molecule has 1 amide bonds. The Kier molecular flexibility index (Phi) is 7.52. The van der Waals surface area contributed by atoms with Crippen LogP contribution >= 0.6 is 0 Å². The number of carbonyl (C=O) groups excluding carboxylic acids is 2. The number of H-pyrrole nitrogens is 1. The van der Waals surface area contributed by atoms with E-state index in [9.17, 15) is 32.9 Å². The second-order valence-electron chi connectivity index (χ2n) is 8.90. The van der Waals surface area contributed by atoms with Gasteiger partial charge in [0.15, 0.2) is 0 Å². The number of nitro benzene ring substituents is 1. The zero-order valence-electron chi connectivity index (χ0n) is 21.4. The number of para-hydroxylation sites is 2. The Bertz CT molecular complexity index is 1830. The predicted molar refractivity (Wildman–Crippen MR) is 148 cm³/mol. The first-order chi connectivity index (χ1) is 20.1. The standard InChI is InChI=1S/C30H19F3N4O5/c31-30(32,33)23-11-6-10-22-25(18-7-2-1-3-8-18)27(35-26(22)23)28(38)36-34-17-20-9-4-5-12-24(20)42-29(39)19-13-15-21(16-14-19)37(40)41/h1-17,35H,(H,36,38). The molecular weight excluding hydrogens is 553 g/mol. The van der Waals surface area contributed by atoms with Crippen LogP contribution in [0.3, 0.4) is 0 Å². The molecule has 210 valence electrons. The summed E-state index contributed by atoms with van der Waals surface area (Å²) in [5.41, 5.74) is 2.05. The number of rotatable bonds is 7. The summed E-state index contributed by atoms with van der Waals surface area (Å²) in [7, 11) is 0. The minimum Gasteiger partial charge on any atom is -0.422 e. The average molecular weight is 572 g/mol. The van der Waals surface area contributed by atoms with Gasteiger partial charge in [0.2, 0.25) is 0 Å². The molecule has 0 saturated carbocycles. The van der Waals surface area contributed by atoms with Crippen molar-refractivity contribution in [3.63, 3.8) is 0 Å². The van der Waals surface area contributed by atoms with E-state index in [1.54, 1.807) is 48.5 Å². The third-order valence-electron chi connectivity index (χ3n) is 6.23. The van der Waals surface area contributed by atoms with Crippen LogP contribution in [0.4, 0.5) is 18.9 Å². The van der Waals surface area contributed by atoms with E-state index in [2.05, 4.69) is 15.5 Å². The van der Waals surface area contributed by atoms with Gasteiger partial charge in [-0.25, -0.2) is 10.2 Å². The fourth-order valence-electron chi connectivity index (χ4n) is 4.30. The molecule has 2 N–H and O–H groups in total. The second-order valence-corrected chi connectivity index (χ2v) is 8.90. The van der Waals surface area contributed by atoms with Crippen molar-refractivity contribution in [3.05, 3.63) is 130 Å². The molecular formula is C30H19F3N4O5. The summed E-state index contributed by atoms with van der Waals surface area (Å²) in [4.78, 5) is 38.7. The van der Waals surface area contributed by atoms with Crippen LogP contribution < -0.4 is 10.2 Å². The van der Waals surface area contributed by atoms with Crippen molar-refractivity contribution >= 4 is 34.7 Å². The smallest absolute Gasteiger partial charge is 0.418 e. The molecule has 0 bridgehead atoms. The van der Waals surface area contributed by atoms with Gasteiger partial charge in [0, 0.05) is 28.6 Å². The van der Waals surface area contributed by atoms with E-state index in [4.69, 9.17) is 4.74 Å². The van der Waals surface area contributed by atoms with Crippen LogP contribution in [0, 0.1) is 10.1 Å². The molecule has 0 fully saturated rings. The van der Waals surface area contributed by atoms with Gasteiger partial charge in [-0.05, 0) is 35.9 Å². The number of nitrogens with one attached hydrogen (secondary N) is 2. The zero-order valence-corrected chi connectivity index (χ0v) is 21.4. The lowest BCUT2D eigenvalue weighted by Gasteiger charge is -2.08. The molecule has 0 spiro atoms. The number of benzene rings is 4. The maximum Gasteiger partial charge on any atom is 0.418 e.